The van der Waals surface area contributed by atoms with Crippen molar-refractivity contribution in [3.05, 3.63) is 0 Å². The van der Waals surface area contributed by atoms with Crippen LogP contribution in [0.3, 0.4) is 0 Å². The Kier molecular flexibility index (Phi) is 12.0. The van der Waals surface area contributed by atoms with Crippen molar-refractivity contribution >= 4 is 11.9 Å². The van der Waals surface area contributed by atoms with Crippen LogP contribution in [0.15, 0.2) is 0 Å². The van der Waals surface area contributed by atoms with Crippen LogP contribution in [-0.2, 0) is 19.1 Å². The molecule has 124 valence electrons. The number of esters is 2. The van der Waals surface area contributed by atoms with Crippen LogP contribution in [0.4, 0.5) is 0 Å². The van der Waals surface area contributed by atoms with Gasteiger partial charge in [-0.2, -0.15) is 0 Å². The third kappa shape index (κ3) is 15.2. The van der Waals surface area contributed by atoms with Crippen molar-refractivity contribution in [1.29, 1.82) is 0 Å². The van der Waals surface area contributed by atoms with E-state index in [4.69, 9.17) is 9.47 Å². The summed E-state index contributed by atoms with van der Waals surface area (Å²) in [5, 5.41) is 0. The van der Waals surface area contributed by atoms with Gasteiger partial charge >= 0.3 is 11.9 Å². The van der Waals surface area contributed by atoms with Crippen molar-refractivity contribution in [3.63, 3.8) is 0 Å². The monoisotopic (exact) mass is 300 g/mol. The Balaban J connectivity index is 3.26. The molecule has 0 N–H and O–H groups in total. The average Bonchev–Trinajstić information content (AvgIpc) is 2.34. The standard InChI is InChI=1S/C17H32O4/c1-14(20-16(3)18)12-10-8-6-5-7-9-11-13-15(2)21-17(4)19/h14-15H,5-13H2,1-4H3. The smallest absolute Gasteiger partial charge is 0.302 e. The van der Waals surface area contributed by atoms with Crippen LogP contribution < -0.4 is 0 Å². The van der Waals surface area contributed by atoms with E-state index in [0.29, 0.717) is 0 Å². The van der Waals surface area contributed by atoms with Crippen LogP contribution in [0.5, 0.6) is 0 Å². The van der Waals surface area contributed by atoms with Crippen LogP contribution in [0.1, 0.15) is 85.5 Å². The van der Waals surface area contributed by atoms with E-state index in [1.165, 1.54) is 46.0 Å². The topological polar surface area (TPSA) is 52.6 Å². The molecule has 0 fully saturated rings. The van der Waals surface area contributed by atoms with Crippen LogP contribution in [-0.4, -0.2) is 24.1 Å². The Labute approximate surface area is 129 Å². The molecule has 0 bridgehead atoms. The van der Waals surface area contributed by atoms with Crippen molar-refractivity contribution in [1.82, 2.24) is 0 Å². The fourth-order valence-electron chi connectivity index (χ4n) is 2.43. The summed E-state index contributed by atoms with van der Waals surface area (Å²) in [4.78, 5) is 21.5. The van der Waals surface area contributed by atoms with Gasteiger partial charge in [-0.05, 0) is 39.5 Å². The Morgan fingerprint density at radius 3 is 1.24 bits per heavy atom. The molecular weight excluding hydrogens is 268 g/mol. The highest BCUT2D eigenvalue weighted by Gasteiger charge is 2.05. The first-order valence-corrected chi connectivity index (χ1v) is 8.26. The Morgan fingerprint density at radius 2 is 0.952 bits per heavy atom. The SMILES string of the molecule is CC(=O)OC(C)CCCCCCCCCC(C)OC(C)=O. The predicted molar refractivity (Wildman–Crippen MR) is 84.0 cm³/mol. The third-order valence-corrected chi connectivity index (χ3v) is 3.46. The Morgan fingerprint density at radius 1 is 0.667 bits per heavy atom. The maximum Gasteiger partial charge on any atom is 0.302 e. The molecule has 0 aromatic carbocycles. The van der Waals surface area contributed by atoms with Crippen molar-refractivity contribution in [2.24, 2.45) is 0 Å². The highest BCUT2D eigenvalue weighted by atomic mass is 16.5. The van der Waals surface area contributed by atoms with Gasteiger partial charge in [0.25, 0.3) is 0 Å². The summed E-state index contributed by atoms with van der Waals surface area (Å²) in [5.41, 5.74) is 0. The largest absolute Gasteiger partial charge is 0.463 e. The zero-order chi connectivity index (χ0) is 16.1. The quantitative estimate of drug-likeness (QED) is 0.396. The second-order valence-electron chi connectivity index (χ2n) is 5.89. The zero-order valence-corrected chi connectivity index (χ0v) is 14.2. The summed E-state index contributed by atoms with van der Waals surface area (Å²) in [6.07, 6.45) is 10.4. The van der Waals surface area contributed by atoms with E-state index in [9.17, 15) is 9.59 Å². The number of carbonyl (C=O) groups is 2. The molecule has 0 spiro atoms. The van der Waals surface area contributed by atoms with Gasteiger partial charge in [-0.1, -0.05) is 32.1 Å². The number of ether oxygens (including phenoxy) is 2. The minimum atomic E-state index is -0.189. The first-order chi connectivity index (χ1) is 9.91. The fraction of sp³-hybridized carbons (Fsp3) is 0.882. The molecule has 2 atom stereocenters. The highest BCUT2D eigenvalue weighted by Crippen LogP contribution is 2.13. The second-order valence-corrected chi connectivity index (χ2v) is 5.89. The minimum absolute atomic E-state index is 0.0465. The number of unbranched alkanes of at least 4 members (excludes halogenated alkanes) is 6. The van der Waals surface area contributed by atoms with Gasteiger partial charge in [0.1, 0.15) is 0 Å². The van der Waals surface area contributed by atoms with Gasteiger partial charge in [0.05, 0.1) is 12.2 Å². The number of hydrogen-bond acceptors (Lipinski definition) is 4. The lowest BCUT2D eigenvalue weighted by Gasteiger charge is -2.11. The van der Waals surface area contributed by atoms with Crippen LogP contribution >= 0.6 is 0 Å². The van der Waals surface area contributed by atoms with E-state index >= 15 is 0 Å². The Bertz CT molecular complexity index is 261. The molecule has 0 saturated carbocycles. The molecule has 0 radical (unpaired) electrons. The van der Waals surface area contributed by atoms with Crippen molar-refractivity contribution in [2.75, 3.05) is 0 Å². The van der Waals surface area contributed by atoms with E-state index < -0.39 is 0 Å². The van der Waals surface area contributed by atoms with Gasteiger partial charge in [-0.15, -0.1) is 0 Å². The molecule has 0 aromatic heterocycles. The van der Waals surface area contributed by atoms with Gasteiger partial charge in [-0.3, -0.25) is 9.59 Å². The van der Waals surface area contributed by atoms with Crippen molar-refractivity contribution < 1.29 is 19.1 Å². The molecule has 21 heavy (non-hydrogen) atoms. The molecule has 4 nitrogen and oxygen atoms in total. The lowest BCUT2D eigenvalue weighted by Crippen LogP contribution is -2.11. The van der Waals surface area contributed by atoms with Gasteiger partial charge < -0.3 is 9.47 Å². The maximum absolute atomic E-state index is 10.7. The zero-order valence-electron chi connectivity index (χ0n) is 14.2. The fourth-order valence-corrected chi connectivity index (χ4v) is 2.43. The highest BCUT2D eigenvalue weighted by molar-refractivity contribution is 5.66. The van der Waals surface area contributed by atoms with E-state index in [1.54, 1.807) is 0 Å². The second kappa shape index (κ2) is 12.7. The molecule has 0 amide bonds. The van der Waals surface area contributed by atoms with Crippen LogP contribution in [0.2, 0.25) is 0 Å². The molecule has 0 aliphatic carbocycles. The first-order valence-electron chi connectivity index (χ1n) is 8.26. The lowest BCUT2D eigenvalue weighted by atomic mass is 10.0. The van der Waals surface area contributed by atoms with Crippen molar-refractivity contribution in [2.45, 2.75) is 97.7 Å². The summed E-state index contributed by atoms with van der Waals surface area (Å²) in [6.45, 7) is 6.81. The van der Waals surface area contributed by atoms with Gasteiger partial charge in [-0.25, -0.2) is 0 Å². The Hall–Kier alpha value is -1.06. The molecule has 0 heterocycles. The van der Waals surface area contributed by atoms with Gasteiger partial charge in [0, 0.05) is 13.8 Å². The summed E-state index contributed by atoms with van der Waals surface area (Å²) >= 11 is 0. The average molecular weight is 300 g/mol. The molecule has 0 aliphatic heterocycles. The molecule has 0 rings (SSSR count). The lowest BCUT2D eigenvalue weighted by molar-refractivity contribution is -0.146. The summed E-state index contributed by atoms with van der Waals surface area (Å²) in [7, 11) is 0. The predicted octanol–water partition coefficient (Wildman–Crippen LogP) is 4.40. The summed E-state index contributed by atoms with van der Waals surface area (Å²) in [6, 6.07) is 0. The maximum atomic E-state index is 10.7. The molecule has 2 unspecified atom stereocenters. The van der Waals surface area contributed by atoms with Gasteiger partial charge in [0.2, 0.25) is 0 Å². The van der Waals surface area contributed by atoms with Crippen molar-refractivity contribution in [3.8, 4) is 0 Å². The molecule has 0 aliphatic rings. The normalized spacial score (nSPS) is 13.5. The summed E-state index contributed by atoms with van der Waals surface area (Å²) < 4.78 is 10.2. The molecule has 0 aromatic rings. The van der Waals surface area contributed by atoms with E-state index in [1.807, 2.05) is 13.8 Å². The summed E-state index contributed by atoms with van der Waals surface area (Å²) in [5.74, 6) is -0.379. The number of hydrogen-bond donors (Lipinski definition) is 0. The number of carbonyl (C=O) groups excluding carboxylic acids is 2. The van der Waals surface area contributed by atoms with E-state index in [2.05, 4.69) is 0 Å². The molecular formula is C17H32O4. The van der Waals surface area contributed by atoms with E-state index in [0.717, 1.165) is 25.7 Å². The third-order valence-electron chi connectivity index (χ3n) is 3.46. The molecule has 0 saturated heterocycles. The van der Waals surface area contributed by atoms with Crippen LogP contribution in [0.25, 0.3) is 0 Å². The minimum Gasteiger partial charge on any atom is -0.463 e. The van der Waals surface area contributed by atoms with E-state index in [-0.39, 0.29) is 24.1 Å². The van der Waals surface area contributed by atoms with Crippen LogP contribution in [0, 0.1) is 0 Å². The first kappa shape index (κ1) is 19.9. The number of rotatable bonds is 12. The molecule has 4 heteroatoms. The van der Waals surface area contributed by atoms with Gasteiger partial charge in [0.15, 0.2) is 0 Å².